The van der Waals surface area contributed by atoms with Crippen molar-refractivity contribution in [3.8, 4) is 17.2 Å². The summed E-state index contributed by atoms with van der Waals surface area (Å²) in [6.07, 6.45) is 5.97. The maximum atomic E-state index is 13.0. The van der Waals surface area contributed by atoms with Crippen molar-refractivity contribution in [1.29, 1.82) is 0 Å². The molecule has 4 aromatic rings. The van der Waals surface area contributed by atoms with Crippen molar-refractivity contribution < 1.29 is 23.5 Å². The van der Waals surface area contributed by atoms with E-state index in [0.29, 0.717) is 34.0 Å². The van der Waals surface area contributed by atoms with Gasteiger partial charge in [0.2, 0.25) is 0 Å². The molecular weight excluding hydrogens is 414 g/mol. The number of hydrogen-bond donors (Lipinski definition) is 1. The third-order valence-corrected chi connectivity index (χ3v) is 4.95. The molecule has 1 aliphatic rings. The van der Waals surface area contributed by atoms with Gasteiger partial charge in [0.15, 0.2) is 12.0 Å². The van der Waals surface area contributed by atoms with Gasteiger partial charge in [-0.1, -0.05) is 0 Å². The lowest BCUT2D eigenvalue weighted by atomic mass is 10.2. The molecule has 1 aromatic carbocycles. The molecule has 3 aromatic heterocycles. The van der Waals surface area contributed by atoms with Crippen molar-refractivity contribution in [2.75, 3.05) is 18.6 Å². The number of amides is 2. The van der Waals surface area contributed by atoms with Crippen molar-refractivity contribution in [3.63, 3.8) is 0 Å². The number of fused-ring (bicyclic) bond motifs is 2. The normalized spacial score (nSPS) is 15.6. The molecule has 1 N–H and O–H groups in total. The number of carbonyl (C=O) groups is 2. The molecule has 10 heteroatoms. The van der Waals surface area contributed by atoms with Crippen LogP contribution >= 0.6 is 0 Å². The highest BCUT2D eigenvalue weighted by molar-refractivity contribution is 6.03. The van der Waals surface area contributed by atoms with Crippen LogP contribution in [-0.2, 0) is 4.79 Å². The Hall–Kier alpha value is -4.47. The molecule has 0 spiro atoms. The number of anilines is 1. The van der Waals surface area contributed by atoms with Crippen molar-refractivity contribution in [2.45, 2.75) is 6.04 Å². The standard InChI is InChI=1S/C22H17N5O5/c1-27-18-9-19-15(25-12-31-19)8-20(18)30-11-17(22(27)29)26-21(28)16-7-13(4-6-24-16)32-14-3-2-5-23-10-14/h2-10,12,17H,11H2,1H3,(H,26,28)/t17-/m0/s1. The minimum absolute atomic E-state index is 0.0445. The molecule has 0 saturated carbocycles. The van der Waals surface area contributed by atoms with Gasteiger partial charge in [0.1, 0.15) is 41.1 Å². The second-order valence-corrected chi connectivity index (χ2v) is 7.04. The molecular formula is C22H17N5O5. The molecule has 160 valence electrons. The number of oxazole rings is 1. The molecule has 5 rings (SSSR count). The van der Waals surface area contributed by atoms with Crippen molar-refractivity contribution in [2.24, 2.45) is 0 Å². The highest BCUT2D eigenvalue weighted by Crippen LogP contribution is 2.34. The van der Waals surface area contributed by atoms with Crippen LogP contribution in [0.4, 0.5) is 5.69 Å². The number of likely N-dealkylation sites (N-methyl/N-ethyl adjacent to an activating group) is 1. The van der Waals surface area contributed by atoms with Gasteiger partial charge in [0.05, 0.1) is 11.9 Å². The monoisotopic (exact) mass is 431 g/mol. The van der Waals surface area contributed by atoms with Crippen LogP contribution in [0.5, 0.6) is 17.2 Å². The Bertz CT molecular complexity index is 1310. The molecule has 1 atom stereocenters. The first-order valence-corrected chi connectivity index (χ1v) is 9.71. The summed E-state index contributed by atoms with van der Waals surface area (Å²) in [5.74, 6) is 0.555. The summed E-state index contributed by atoms with van der Waals surface area (Å²) in [4.78, 5) is 39.4. The summed E-state index contributed by atoms with van der Waals surface area (Å²) < 4.78 is 16.8. The zero-order chi connectivity index (χ0) is 22.1. The Kier molecular flexibility index (Phi) is 4.86. The predicted octanol–water partition coefficient (Wildman–Crippen LogP) is 2.56. The van der Waals surface area contributed by atoms with Crippen LogP contribution in [-0.4, -0.2) is 46.5 Å². The molecule has 32 heavy (non-hydrogen) atoms. The quantitative estimate of drug-likeness (QED) is 0.524. The highest BCUT2D eigenvalue weighted by atomic mass is 16.5. The fraction of sp³-hybridized carbons (Fsp3) is 0.136. The van der Waals surface area contributed by atoms with Crippen molar-refractivity contribution in [1.82, 2.24) is 20.3 Å². The van der Waals surface area contributed by atoms with Crippen LogP contribution in [0.3, 0.4) is 0 Å². The van der Waals surface area contributed by atoms with Gasteiger partial charge in [0.25, 0.3) is 11.8 Å². The van der Waals surface area contributed by atoms with Crippen LogP contribution < -0.4 is 19.7 Å². The summed E-state index contributed by atoms with van der Waals surface area (Å²) >= 11 is 0. The molecule has 0 radical (unpaired) electrons. The Morgan fingerprint density at radius 2 is 2.09 bits per heavy atom. The van der Waals surface area contributed by atoms with Crippen LogP contribution in [0, 0.1) is 0 Å². The predicted molar refractivity (Wildman–Crippen MR) is 113 cm³/mol. The lowest BCUT2D eigenvalue weighted by Gasteiger charge is -2.20. The Morgan fingerprint density at radius 1 is 1.19 bits per heavy atom. The molecule has 2 amide bonds. The van der Waals surface area contributed by atoms with E-state index in [-0.39, 0.29) is 18.2 Å². The molecule has 0 bridgehead atoms. The number of rotatable bonds is 4. The number of aromatic nitrogens is 3. The van der Waals surface area contributed by atoms with Crippen molar-refractivity contribution >= 4 is 28.6 Å². The Labute approximate surface area is 181 Å². The van der Waals surface area contributed by atoms with E-state index in [1.165, 1.54) is 23.6 Å². The zero-order valence-electron chi connectivity index (χ0n) is 16.9. The summed E-state index contributed by atoms with van der Waals surface area (Å²) in [5, 5.41) is 2.69. The Balaban J connectivity index is 1.33. The van der Waals surface area contributed by atoms with Crippen LogP contribution in [0.2, 0.25) is 0 Å². The second kappa shape index (κ2) is 7.99. The summed E-state index contributed by atoms with van der Waals surface area (Å²) in [6, 6.07) is 9.06. The number of pyridine rings is 2. The van der Waals surface area contributed by atoms with Crippen LogP contribution in [0.1, 0.15) is 10.5 Å². The molecule has 1 aliphatic heterocycles. The number of ether oxygens (including phenoxy) is 2. The largest absolute Gasteiger partial charge is 0.489 e. The first-order chi connectivity index (χ1) is 15.6. The van der Waals surface area contributed by atoms with Gasteiger partial charge in [-0.15, -0.1) is 0 Å². The van der Waals surface area contributed by atoms with Crippen molar-refractivity contribution in [3.05, 3.63) is 67.1 Å². The first-order valence-electron chi connectivity index (χ1n) is 9.71. The molecule has 0 saturated heterocycles. The lowest BCUT2D eigenvalue weighted by Crippen LogP contribution is -2.49. The van der Waals surface area contributed by atoms with Gasteiger partial charge in [-0.2, -0.15) is 0 Å². The van der Waals surface area contributed by atoms with E-state index < -0.39 is 11.9 Å². The third-order valence-electron chi connectivity index (χ3n) is 4.95. The summed E-state index contributed by atoms with van der Waals surface area (Å²) in [7, 11) is 1.61. The van der Waals surface area contributed by atoms with Crippen LogP contribution in [0.25, 0.3) is 11.1 Å². The van der Waals surface area contributed by atoms with E-state index in [0.717, 1.165) is 0 Å². The van der Waals surface area contributed by atoms with E-state index in [2.05, 4.69) is 20.3 Å². The molecule has 10 nitrogen and oxygen atoms in total. The number of hydrogen-bond acceptors (Lipinski definition) is 8. The fourth-order valence-corrected chi connectivity index (χ4v) is 3.33. The second-order valence-electron chi connectivity index (χ2n) is 7.04. The maximum Gasteiger partial charge on any atom is 0.270 e. The number of carbonyl (C=O) groups excluding carboxylic acids is 2. The number of nitrogens with zero attached hydrogens (tertiary/aromatic N) is 4. The van der Waals surface area contributed by atoms with E-state index in [9.17, 15) is 9.59 Å². The average molecular weight is 431 g/mol. The maximum absolute atomic E-state index is 13.0. The number of benzene rings is 1. The molecule has 0 aliphatic carbocycles. The van der Waals surface area contributed by atoms with E-state index in [1.54, 1.807) is 49.8 Å². The Morgan fingerprint density at radius 3 is 2.94 bits per heavy atom. The van der Waals surface area contributed by atoms with Gasteiger partial charge in [-0.25, -0.2) is 4.98 Å². The van der Waals surface area contributed by atoms with Gasteiger partial charge in [0, 0.05) is 37.6 Å². The first kappa shape index (κ1) is 19.5. The van der Waals surface area contributed by atoms with E-state index in [4.69, 9.17) is 13.9 Å². The SMILES string of the molecule is CN1C(=O)[C@@H](NC(=O)c2cc(Oc3cccnc3)ccn2)COc2cc3ncoc3cc21. The van der Waals surface area contributed by atoms with Crippen LogP contribution in [0.15, 0.2) is 65.8 Å². The number of nitrogens with one attached hydrogen (secondary N) is 1. The van der Waals surface area contributed by atoms with Gasteiger partial charge >= 0.3 is 0 Å². The topological polar surface area (TPSA) is 120 Å². The highest BCUT2D eigenvalue weighted by Gasteiger charge is 2.31. The van der Waals surface area contributed by atoms with Gasteiger partial charge in [-0.3, -0.25) is 19.6 Å². The van der Waals surface area contributed by atoms with E-state index in [1.807, 2.05) is 0 Å². The summed E-state index contributed by atoms with van der Waals surface area (Å²) in [5.41, 5.74) is 1.78. The third kappa shape index (κ3) is 3.69. The molecule has 4 heterocycles. The minimum atomic E-state index is -0.913. The zero-order valence-corrected chi connectivity index (χ0v) is 16.9. The smallest absolute Gasteiger partial charge is 0.270 e. The lowest BCUT2D eigenvalue weighted by molar-refractivity contribution is -0.120. The minimum Gasteiger partial charge on any atom is -0.489 e. The fourth-order valence-electron chi connectivity index (χ4n) is 3.33. The average Bonchev–Trinajstić information content (AvgIpc) is 3.24. The van der Waals surface area contributed by atoms with Gasteiger partial charge in [-0.05, 0) is 18.2 Å². The molecule has 0 fully saturated rings. The summed E-state index contributed by atoms with van der Waals surface area (Å²) in [6.45, 7) is -0.0445. The van der Waals surface area contributed by atoms with Gasteiger partial charge < -0.3 is 24.1 Å². The van der Waals surface area contributed by atoms with E-state index >= 15 is 0 Å². The molecule has 0 unspecified atom stereocenters.